The molecule has 106 valence electrons. The van der Waals surface area contributed by atoms with E-state index in [-0.39, 0.29) is 22.9 Å². The Hall–Kier alpha value is -0.220. The molecular formula is C14H28N2OS. The first-order valence-corrected chi connectivity index (χ1v) is 8.25. The second-order valence-corrected chi connectivity index (χ2v) is 6.90. The molecule has 0 aromatic rings. The molecule has 2 atom stereocenters. The van der Waals surface area contributed by atoms with Crippen molar-refractivity contribution in [1.29, 1.82) is 0 Å². The highest BCUT2D eigenvalue weighted by Gasteiger charge is 2.41. The number of hydrogen-bond acceptors (Lipinski definition) is 3. The quantitative estimate of drug-likeness (QED) is 0.807. The van der Waals surface area contributed by atoms with Crippen molar-refractivity contribution < 1.29 is 4.79 Å². The molecule has 3 nitrogen and oxygen atoms in total. The normalized spacial score (nSPS) is 25.3. The van der Waals surface area contributed by atoms with Gasteiger partial charge in [-0.25, -0.2) is 0 Å². The topological polar surface area (TPSA) is 32.3 Å². The van der Waals surface area contributed by atoms with Gasteiger partial charge in [0, 0.05) is 11.3 Å². The summed E-state index contributed by atoms with van der Waals surface area (Å²) in [6, 6.07) is -0.00623. The van der Waals surface area contributed by atoms with E-state index >= 15 is 0 Å². The number of rotatable bonds is 6. The number of amides is 1. The van der Waals surface area contributed by atoms with Crippen molar-refractivity contribution in [2.24, 2.45) is 5.92 Å². The van der Waals surface area contributed by atoms with Gasteiger partial charge >= 0.3 is 0 Å². The van der Waals surface area contributed by atoms with E-state index in [0.29, 0.717) is 5.92 Å². The van der Waals surface area contributed by atoms with E-state index in [1.807, 2.05) is 16.7 Å². The minimum absolute atomic E-state index is 0.00623. The zero-order valence-corrected chi connectivity index (χ0v) is 13.4. The average molecular weight is 272 g/mol. The monoisotopic (exact) mass is 272 g/mol. The van der Waals surface area contributed by atoms with Crippen LogP contribution in [-0.4, -0.2) is 40.6 Å². The summed E-state index contributed by atoms with van der Waals surface area (Å²) < 4.78 is 0.206. The summed E-state index contributed by atoms with van der Waals surface area (Å²) in [6.07, 6.45) is 4.53. The lowest BCUT2D eigenvalue weighted by atomic mass is 10.0. The summed E-state index contributed by atoms with van der Waals surface area (Å²) in [5, 5.41) is 3.42. The van der Waals surface area contributed by atoms with Gasteiger partial charge in [0.1, 0.15) is 0 Å². The fourth-order valence-corrected chi connectivity index (χ4v) is 3.47. The Morgan fingerprint density at radius 2 is 1.94 bits per heavy atom. The first-order valence-electron chi connectivity index (χ1n) is 7.02. The molecule has 0 spiro atoms. The Morgan fingerprint density at radius 1 is 1.39 bits per heavy atom. The molecule has 1 aliphatic heterocycles. The Balaban J connectivity index is 2.81. The minimum Gasteiger partial charge on any atom is -0.325 e. The SMILES string of the molecule is CCC(CC)(CN1C(=O)C(C(C)C)NC1C)SC. The number of carbonyl (C=O) groups is 1. The third-order valence-corrected chi connectivity index (χ3v) is 5.86. The summed E-state index contributed by atoms with van der Waals surface area (Å²) in [6.45, 7) is 11.6. The molecule has 2 unspecified atom stereocenters. The molecule has 0 saturated carbocycles. The van der Waals surface area contributed by atoms with Crippen molar-refractivity contribution in [2.45, 2.75) is 64.4 Å². The average Bonchev–Trinajstić information content (AvgIpc) is 2.63. The van der Waals surface area contributed by atoms with Gasteiger partial charge in [0.15, 0.2) is 0 Å². The fraction of sp³-hybridized carbons (Fsp3) is 0.929. The first kappa shape index (κ1) is 15.8. The maximum Gasteiger partial charge on any atom is 0.241 e. The molecule has 1 rings (SSSR count). The first-order chi connectivity index (χ1) is 8.40. The highest BCUT2D eigenvalue weighted by atomic mass is 32.2. The van der Waals surface area contributed by atoms with E-state index in [1.54, 1.807) is 0 Å². The van der Waals surface area contributed by atoms with Crippen LogP contribution < -0.4 is 5.32 Å². The highest BCUT2D eigenvalue weighted by Crippen LogP contribution is 2.33. The standard InChI is InChI=1S/C14H28N2OS/c1-7-14(8-2,18-6)9-16-11(5)15-12(10(3)4)13(16)17/h10-12,15H,7-9H2,1-6H3. The number of thioether (sulfide) groups is 1. The van der Waals surface area contributed by atoms with Crippen molar-refractivity contribution in [3.8, 4) is 0 Å². The lowest BCUT2D eigenvalue weighted by Crippen LogP contribution is -2.45. The van der Waals surface area contributed by atoms with Crippen LogP contribution in [0.3, 0.4) is 0 Å². The third-order valence-electron chi connectivity index (χ3n) is 4.28. The molecule has 1 fully saturated rings. The van der Waals surface area contributed by atoms with Gasteiger partial charge in [0.25, 0.3) is 0 Å². The molecule has 1 N–H and O–H groups in total. The zero-order chi connectivity index (χ0) is 13.9. The van der Waals surface area contributed by atoms with Crippen LogP contribution in [0, 0.1) is 5.92 Å². The molecule has 1 aliphatic rings. The summed E-state index contributed by atoms with van der Waals surface area (Å²) >= 11 is 1.90. The summed E-state index contributed by atoms with van der Waals surface area (Å²) in [5.41, 5.74) is 0. The van der Waals surface area contributed by atoms with E-state index in [1.165, 1.54) is 0 Å². The van der Waals surface area contributed by atoms with Gasteiger partial charge in [-0.15, -0.1) is 0 Å². The van der Waals surface area contributed by atoms with Gasteiger partial charge in [-0.05, 0) is 31.9 Å². The molecule has 1 saturated heterocycles. The van der Waals surface area contributed by atoms with Crippen LogP contribution in [0.2, 0.25) is 0 Å². The number of hydrogen-bond donors (Lipinski definition) is 1. The van der Waals surface area contributed by atoms with Crippen LogP contribution in [0.1, 0.15) is 47.5 Å². The van der Waals surface area contributed by atoms with Crippen molar-refractivity contribution >= 4 is 17.7 Å². The van der Waals surface area contributed by atoms with Gasteiger partial charge in [-0.3, -0.25) is 10.1 Å². The third kappa shape index (κ3) is 3.02. The maximum absolute atomic E-state index is 12.4. The summed E-state index contributed by atoms with van der Waals surface area (Å²) in [7, 11) is 0. The van der Waals surface area contributed by atoms with Crippen molar-refractivity contribution in [1.82, 2.24) is 10.2 Å². The van der Waals surface area contributed by atoms with E-state index in [0.717, 1.165) is 19.4 Å². The van der Waals surface area contributed by atoms with Crippen LogP contribution in [0.15, 0.2) is 0 Å². The molecule has 18 heavy (non-hydrogen) atoms. The van der Waals surface area contributed by atoms with Gasteiger partial charge in [0.2, 0.25) is 5.91 Å². The smallest absolute Gasteiger partial charge is 0.241 e. The predicted octanol–water partition coefficient (Wildman–Crippen LogP) is 2.71. The highest BCUT2D eigenvalue weighted by molar-refractivity contribution is 8.00. The van der Waals surface area contributed by atoms with Crippen LogP contribution in [0.4, 0.5) is 0 Å². The molecule has 0 aromatic carbocycles. The lowest BCUT2D eigenvalue weighted by Gasteiger charge is -2.35. The van der Waals surface area contributed by atoms with Crippen LogP contribution in [0.5, 0.6) is 0 Å². The largest absolute Gasteiger partial charge is 0.325 e. The molecule has 0 bridgehead atoms. The van der Waals surface area contributed by atoms with Crippen molar-refractivity contribution in [2.75, 3.05) is 12.8 Å². The van der Waals surface area contributed by atoms with Crippen LogP contribution in [0.25, 0.3) is 0 Å². The van der Waals surface area contributed by atoms with Crippen molar-refractivity contribution in [3.05, 3.63) is 0 Å². The van der Waals surface area contributed by atoms with Crippen LogP contribution in [-0.2, 0) is 4.79 Å². The predicted molar refractivity (Wildman–Crippen MR) is 79.8 cm³/mol. The number of carbonyl (C=O) groups excluding carboxylic acids is 1. The molecule has 0 radical (unpaired) electrons. The Kier molecular flexibility index (Phi) is 5.53. The van der Waals surface area contributed by atoms with Gasteiger partial charge < -0.3 is 4.90 Å². The van der Waals surface area contributed by atoms with Crippen LogP contribution >= 0.6 is 11.8 Å². The molecule has 4 heteroatoms. The van der Waals surface area contributed by atoms with Gasteiger partial charge in [0.05, 0.1) is 12.2 Å². The van der Waals surface area contributed by atoms with E-state index < -0.39 is 0 Å². The summed E-state index contributed by atoms with van der Waals surface area (Å²) in [5.74, 6) is 0.634. The number of nitrogens with zero attached hydrogens (tertiary/aromatic N) is 1. The Bertz CT molecular complexity index is 281. The van der Waals surface area contributed by atoms with E-state index in [4.69, 9.17) is 0 Å². The molecule has 1 heterocycles. The molecule has 1 amide bonds. The Morgan fingerprint density at radius 3 is 2.28 bits per heavy atom. The van der Waals surface area contributed by atoms with E-state index in [2.05, 4.69) is 46.2 Å². The number of nitrogens with one attached hydrogen (secondary N) is 1. The van der Waals surface area contributed by atoms with Crippen molar-refractivity contribution in [3.63, 3.8) is 0 Å². The second-order valence-electron chi connectivity index (χ2n) is 5.62. The Labute approximate surface area is 116 Å². The maximum atomic E-state index is 12.4. The summed E-state index contributed by atoms with van der Waals surface area (Å²) in [4.78, 5) is 14.5. The van der Waals surface area contributed by atoms with Gasteiger partial charge in [-0.2, -0.15) is 11.8 Å². The zero-order valence-electron chi connectivity index (χ0n) is 12.6. The molecular weight excluding hydrogens is 244 g/mol. The lowest BCUT2D eigenvalue weighted by molar-refractivity contribution is -0.131. The fourth-order valence-electron chi connectivity index (χ4n) is 2.62. The second kappa shape index (κ2) is 6.29. The molecule has 0 aliphatic carbocycles. The van der Waals surface area contributed by atoms with E-state index in [9.17, 15) is 4.79 Å². The van der Waals surface area contributed by atoms with Gasteiger partial charge in [-0.1, -0.05) is 27.7 Å². The molecule has 0 aromatic heterocycles. The minimum atomic E-state index is -0.00623.